The zero-order valence-corrected chi connectivity index (χ0v) is 12.4. The number of hydrogen-bond donors (Lipinski definition) is 2. The molecule has 0 aliphatic carbocycles. The number of methoxy groups -OCH3 is 1. The van der Waals surface area contributed by atoms with Gasteiger partial charge in [-0.2, -0.15) is 0 Å². The Balaban J connectivity index is 3.97. The van der Waals surface area contributed by atoms with Crippen LogP contribution < -0.4 is 11.1 Å². The second-order valence-corrected chi connectivity index (χ2v) is 5.13. The van der Waals surface area contributed by atoms with E-state index in [9.17, 15) is 9.59 Å². The van der Waals surface area contributed by atoms with Crippen LogP contribution in [0.4, 0.5) is 0 Å². The minimum Gasteiger partial charge on any atom is -0.385 e. The first kappa shape index (κ1) is 17.9. The number of carbonyl (C=O) groups excluding carboxylic acids is 2. The maximum absolute atomic E-state index is 11.9. The van der Waals surface area contributed by atoms with E-state index >= 15 is 0 Å². The highest BCUT2D eigenvalue weighted by atomic mass is 16.5. The van der Waals surface area contributed by atoms with Gasteiger partial charge in [-0.15, -0.1) is 0 Å². The summed E-state index contributed by atoms with van der Waals surface area (Å²) in [7, 11) is 3.21. The molecule has 2 amide bonds. The third-order valence-corrected chi connectivity index (χ3v) is 2.65. The van der Waals surface area contributed by atoms with Crippen molar-refractivity contribution in [2.24, 2.45) is 11.7 Å². The normalized spacial score (nSPS) is 12.3. The number of nitrogens with zero attached hydrogens (tertiary/aromatic N) is 1. The van der Waals surface area contributed by atoms with Crippen molar-refractivity contribution < 1.29 is 14.3 Å². The minimum atomic E-state index is -0.536. The number of rotatable bonds is 9. The van der Waals surface area contributed by atoms with E-state index in [2.05, 4.69) is 5.32 Å². The average Bonchev–Trinajstić information content (AvgIpc) is 2.32. The molecule has 0 aliphatic heterocycles. The van der Waals surface area contributed by atoms with Gasteiger partial charge in [0, 0.05) is 27.3 Å². The largest absolute Gasteiger partial charge is 0.385 e. The molecular formula is C13H27N3O3. The van der Waals surface area contributed by atoms with Crippen molar-refractivity contribution in [3.8, 4) is 0 Å². The van der Waals surface area contributed by atoms with Gasteiger partial charge in [0.25, 0.3) is 0 Å². The molecule has 0 aliphatic rings. The van der Waals surface area contributed by atoms with Crippen molar-refractivity contribution >= 4 is 11.8 Å². The van der Waals surface area contributed by atoms with E-state index in [-0.39, 0.29) is 18.4 Å². The molecule has 0 aromatic heterocycles. The quantitative estimate of drug-likeness (QED) is 0.578. The zero-order chi connectivity index (χ0) is 14.8. The van der Waals surface area contributed by atoms with Gasteiger partial charge in [0.15, 0.2) is 0 Å². The topological polar surface area (TPSA) is 84.7 Å². The Kier molecular flexibility index (Phi) is 9.16. The molecule has 0 spiro atoms. The summed E-state index contributed by atoms with van der Waals surface area (Å²) in [5, 5.41) is 2.73. The molecule has 0 rings (SSSR count). The third-order valence-electron chi connectivity index (χ3n) is 2.65. The monoisotopic (exact) mass is 273 g/mol. The first-order valence-corrected chi connectivity index (χ1v) is 6.64. The third kappa shape index (κ3) is 8.56. The predicted molar refractivity (Wildman–Crippen MR) is 74.6 cm³/mol. The minimum absolute atomic E-state index is 0.0393. The lowest BCUT2D eigenvalue weighted by Gasteiger charge is -2.21. The van der Waals surface area contributed by atoms with Crippen LogP contribution in [0.5, 0.6) is 0 Å². The average molecular weight is 273 g/mol. The van der Waals surface area contributed by atoms with Crippen molar-refractivity contribution in [1.29, 1.82) is 0 Å². The number of hydrogen-bond acceptors (Lipinski definition) is 4. The van der Waals surface area contributed by atoms with Crippen molar-refractivity contribution in [3.05, 3.63) is 0 Å². The van der Waals surface area contributed by atoms with Crippen molar-refractivity contribution in [2.75, 3.05) is 33.9 Å². The summed E-state index contributed by atoms with van der Waals surface area (Å²) in [5.41, 5.74) is 5.80. The lowest BCUT2D eigenvalue weighted by atomic mass is 10.0. The molecular weight excluding hydrogens is 246 g/mol. The van der Waals surface area contributed by atoms with Crippen molar-refractivity contribution in [2.45, 2.75) is 32.7 Å². The standard InChI is InChI=1S/C13H27N3O3/c1-10(2)8-11(14)13(18)16(3)9-12(17)15-6-5-7-19-4/h10-11H,5-9,14H2,1-4H3,(H,15,17)/t11-/m0/s1. The van der Waals surface area contributed by atoms with Gasteiger partial charge in [-0.3, -0.25) is 9.59 Å². The van der Waals surface area contributed by atoms with Gasteiger partial charge in [-0.1, -0.05) is 13.8 Å². The highest BCUT2D eigenvalue weighted by molar-refractivity contribution is 5.87. The Morgan fingerprint density at radius 3 is 2.53 bits per heavy atom. The first-order chi connectivity index (χ1) is 8.88. The lowest BCUT2D eigenvalue weighted by Crippen LogP contribution is -2.46. The van der Waals surface area contributed by atoms with Crippen LogP contribution in [-0.2, 0) is 14.3 Å². The molecule has 6 heteroatoms. The zero-order valence-electron chi connectivity index (χ0n) is 12.4. The molecule has 3 N–H and O–H groups in total. The summed E-state index contributed by atoms with van der Waals surface area (Å²) in [6.07, 6.45) is 1.38. The molecule has 0 saturated carbocycles. The number of amides is 2. The second kappa shape index (κ2) is 9.75. The fourth-order valence-corrected chi connectivity index (χ4v) is 1.69. The molecule has 0 bridgehead atoms. The van der Waals surface area contributed by atoms with E-state index in [0.29, 0.717) is 25.5 Å². The van der Waals surface area contributed by atoms with Gasteiger partial charge in [0.05, 0.1) is 12.6 Å². The van der Waals surface area contributed by atoms with Crippen molar-refractivity contribution in [3.63, 3.8) is 0 Å². The number of carbonyl (C=O) groups is 2. The van der Waals surface area contributed by atoms with Gasteiger partial charge < -0.3 is 20.7 Å². The van der Waals surface area contributed by atoms with E-state index in [4.69, 9.17) is 10.5 Å². The van der Waals surface area contributed by atoms with Crippen LogP contribution in [0.2, 0.25) is 0 Å². The first-order valence-electron chi connectivity index (χ1n) is 6.64. The molecule has 0 saturated heterocycles. The Labute approximate surface area is 115 Å². The summed E-state index contributed by atoms with van der Waals surface area (Å²) >= 11 is 0. The number of ether oxygens (including phenoxy) is 1. The predicted octanol–water partition coefficient (Wildman–Crippen LogP) is -0.0291. The molecule has 0 aromatic carbocycles. The van der Waals surface area contributed by atoms with Crippen molar-refractivity contribution in [1.82, 2.24) is 10.2 Å². The van der Waals surface area contributed by atoms with Crippen LogP contribution >= 0.6 is 0 Å². The van der Waals surface area contributed by atoms with Crippen LogP contribution in [0.1, 0.15) is 26.7 Å². The van der Waals surface area contributed by atoms with E-state index in [0.717, 1.165) is 6.42 Å². The summed E-state index contributed by atoms with van der Waals surface area (Å²) in [6.45, 7) is 5.21. The van der Waals surface area contributed by atoms with Gasteiger partial charge in [-0.05, 0) is 18.8 Å². The molecule has 0 unspecified atom stereocenters. The SMILES string of the molecule is COCCCNC(=O)CN(C)C(=O)[C@@H](N)CC(C)C. The molecule has 6 nitrogen and oxygen atoms in total. The van der Waals surface area contributed by atoms with Crippen LogP contribution in [0, 0.1) is 5.92 Å². The molecule has 112 valence electrons. The molecule has 1 atom stereocenters. The molecule has 0 radical (unpaired) electrons. The second-order valence-electron chi connectivity index (χ2n) is 5.13. The van der Waals surface area contributed by atoms with Crippen LogP contribution in [0.25, 0.3) is 0 Å². The van der Waals surface area contributed by atoms with Crippen LogP contribution in [0.15, 0.2) is 0 Å². The number of nitrogens with one attached hydrogen (secondary N) is 1. The maximum Gasteiger partial charge on any atom is 0.239 e. The summed E-state index contributed by atoms with van der Waals surface area (Å²) in [6, 6.07) is -0.536. The lowest BCUT2D eigenvalue weighted by molar-refractivity contribution is -0.136. The van der Waals surface area contributed by atoms with Crippen LogP contribution in [-0.4, -0.2) is 56.6 Å². The molecule has 19 heavy (non-hydrogen) atoms. The van der Waals surface area contributed by atoms with E-state index < -0.39 is 6.04 Å². The molecule has 0 heterocycles. The number of nitrogens with two attached hydrogens (primary N) is 1. The van der Waals surface area contributed by atoms with Gasteiger partial charge in [0.2, 0.25) is 11.8 Å². The van der Waals surface area contributed by atoms with Gasteiger partial charge in [0.1, 0.15) is 0 Å². The Hall–Kier alpha value is -1.14. The van der Waals surface area contributed by atoms with E-state index in [1.54, 1.807) is 14.2 Å². The molecule has 0 fully saturated rings. The fourth-order valence-electron chi connectivity index (χ4n) is 1.69. The van der Waals surface area contributed by atoms with Gasteiger partial charge >= 0.3 is 0 Å². The highest BCUT2D eigenvalue weighted by Gasteiger charge is 2.20. The Morgan fingerprint density at radius 1 is 1.37 bits per heavy atom. The smallest absolute Gasteiger partial charge is 0.239 e. The maximum atomic E-state index is 11.9. The van der Waals surface area contributed by atoms with Gasteiger partial charge in [-0.25, -0.2) is 0 Å². The summed E-state index contributed by atoms with van der Waals surface area (Å²) in [5.74, 6) is -0.0142. The summed E-state index contributed by atoms with van der Waals surface area (Å²) < 4.78 is 4.88. The fraction of sp³-hybridized carbons (Fsp3) is 0.846. The van der Waals surface area contributed by atoms with E-state index in [1.165, 1.54) is 4.90 Å². The molecule has 0 aromatic rings. The highest BCUT2D eigenvalue weighted by Crippen LogP contribution is 2.04. The Morgan fingerprint density at radius 2 is 2.00 bits per heavy atom. The summed E-state index contributed by atoms with van der Waals surface area (Å²) in [4.78, 5) is 24.8. The van der Waals surface area contributed by atoms with E-state index in [1.807, 2.05) is 13.8 Å². The Bertz CT molecular complexity index is 282. The van der Waals surface area contributed by atoms with Crippen LogP contribution in [0.3, 0.4) is 0 Å². The number of likely N-dealkylation sites (N-methyl/N-ethyl adjacent to an activating group) is 1.